The molecule has 0 spiro atoms. The highest BCUT2D eigenvalue weighted by Crippen LogP contribution is 2.32. The van der Waals surface area contributed by atoms with Gasteiger partial charge < -0.3 is 19.5 Å². The SMILES string of the molecule is CCOC(C)(C)CNC(C)c1ccc2c(c1)OCCCO2. The van der Waals surface area contributed by atoms with E-state index in [1.54, 1.807) is 0 Å². The third-order valence-electron chi connectivity index (χ3n) is 3.64. The maximum absolute atomic E-state index is 5.75. The van der Waals surface area contributed by atoms with Gasteiger partial charge in [-0.3, -0.25) is 0 Å². The summed E-state index contributed by atoms with van der Waals surface area (Å²) in [7, 11) is 0. The summed E-state index contributed by atoms with van der Waals surface area (Å²) in [5.41, 5.74) is 1.04. The van der Waals surface area contributed by atoms with Crippen molar-refractivity contribution in [1.82, 2.24) is 5.32 Å². The van der Waals surface area contributed by atoms with Crippen LogP contribution in [-0.4, -0.2) is 32.0 Å². The highest BCUT2D eigenvalue weighted by atomic mass is 16.5. The fourth-order valence-corrected chi connectivity index (χ4v) is 2.41. The van der Waals surface area contributed by atoms with E-state index < -0.39 is 0 Å². The van der Waals surface area contributed by atoms with Crippen LogP contribution in [-0.2, 0) is 4.74 Å². The van der Waals surface area contributed by atoms with Crippen molar-refractivity contribution in [2.45, 2.75) is 45.8 Å². The van der Waals surface area contributed by atoms with Crippen LogP contribution < -0.4 is 14.8 Å². The molecule has 21 heavy (non-hydrogen) atoms. The fraction of sp³-hybridized carbons (Fsp3) is 0.647. The van der Waals surface area contributed by atoms with Gasteiger partial charge in [-0.2, -0.15) is 0 Å². The van der Waals surface area contributed by atoms with E-state index in [-0.39, 0.29) is 11.6 Å². The lowest BCUT2D eigenvalue weighted by Gasteiger charge is -2.27. The maximum atomic E-state index is 5.75. The molecule has 0 saturated heterocycles. The van der Waals surface area contributed by atoms with Gasteiger partial charge in [0.25, 0.3) is 0 Å². The van der Waals surface area contributed by atoms with Crippen LogP contribution >= 0.6 is 0 Å². The third kappa shape index (κ3) is 4.61. The van der Waals surface area contributed by atoms with E-state index in [0.29, 0.717) is 0 Å². The van der Waals surface area contributed by atoms with Crippen LogP contribution in [0.3, 0.4) is 0 Å². The number of fused-ring (bicyclic) bond motifs is 1. The first-order valence-corrected chi connectivity index (χ1v) is 7.79. The standard InChI is InChI=1S/C17H27NO3/c1-5-21-17(3,4)12-18-13(2)14-7-8-15-16(11-14)20-10-6-9-19-15/h7-8,11,13,18H,5-6,9-10,12H2,1-4H3. The molecule has 4 heteroatoms. The van der Waals surface area contributed by atoms with Crippen LogP contribution in [0.1, 0.15) is 45.7 Å². The Morgan fingerprint density at radius 1 is 1.24 bits per heavy atom. The summed E-state index contributed by atoms with van der Waals surface area (Å²) in [5, 5.41) is 3.53. The second kappa shape index (κ2) is 7.14. The molecule has 1 aliphatic rings. The van der Waals surface area contributed by atoms with Crippen molar-refractivity contribution in [3.63, 3.8) is 0 Å². The summed E-state index contributed by atoms with van der Waals surface area (Å²) in [6.45, 7) is 11.4. The largest absolute Gasteiger partial charge is 0.490 e. The molecule has 1 heterocycles. The lowest BCUT2D eigenvalue weighted by Crippen LogP contribution is -2.38. The Bertz CT molecular complexity index is 459. The van der Waals surface area contributed by atoms with Gasteiger partial charge in [-0.15, -0.1) is 0 Å². The number of rotatable bonds is 6. The molecule has 0 radical (unpaired) electrons. The molecule has 0 aromatic heterocycles. The van der Waals surface area contributed by atoms with Gasteiger partial charge in [0.05, 0.1) is 18.8 Å². The molecule has 0 aliphatic carbocycles. The predicted octanol–water partition coefficient (Wildman–Crippen LogP) is 3.31. The van der Waals surface area contributed by atoms with E-state index in [0.717, 1.165) is 44.3 Å². The molecule has 1 aromatic rings. The molecular formula is C17H27NO3. The Balaban J connectivity index is 1.99. The lowest BCUT2D eigenvalue weighted by molar-refractivity contribution is -0.0103. The smallest absolute Gasteiger partial charge is 0.161 e. The van der Waals surface area contributed by atoms with Crippen molar-refractivity contribution in [2.24, 2.45) is 0 Å². The molecule has 1 aromatic carbocycles. The minimum absolute atomic E-state index is 0.158. The monoisotopic (exact) mass is 293 g/mol. The number of nitrogens with one attached hydrogen (secondary N) is 1. The van der Waals surface area contributed by atoms with Crippen LogP contribution in [0.4, 0.5) is 0 Å². The molecule has 0 fully saturated rings. The zero-order valence-corrected chi connectivity index (χ0v) is 13.6. The second-order valence-corrected chi connectivity index (χ2v) is 6.05. The van der Waals surface area contributed by atoms with Crippen molar-refractivity contribution < 1.29 is 14.2 Å². The first-order chi connectivity index (χ1) is 10.0. The van der Waals surface area contributed by atoms with Crippen molar-refractivity contribution >= 4 is 0 Å². The number of hydrogen-bond acceptors (Lipinski definition) is 4. The summed E-state index contributed by atoms with van der Waals surface area (Å²) in [6, 6.07) is 6.41. The van der Waals surface area contributed by atoms with Crippen LogP contribution in [0.5, 0.6) is 11.5 Å². The Morgan fingerprint density at radius 3 is 2.67 bits per heavy atom. The molecular weight excluding hydrogens is 266 g/mol. The molecule has 0 saturated carbocycles. The van der Waals surface area contributed by atoms with Crippen molar-refractivity contribution in [2.75, 3.05) is 26.4 Å². The Hall–Kier alpha value is -1.26. The quantitative estimate of drug-likeness (QED) is 0.873. The Labute approximate surface area is 127 Å². The molecule has 0 amide bonds. The summed E-state index contributed by atoms with van der Waals surface area (Å²) in [5.74, 6) is 1.70. The zero-order chi connectivity index (χ0) is 15.3. The molecule has 1 N–H and O–H groups in total. The van der Waals surface area contributed by atoms with Gasteiger partial charge in [-0.05, 0) is 45.4 Å². The molecule has 1 aliphatic heterocycles. The fourth-order valence-electron chi connectivity index (χ4n) is 2.41. The van der Waals surface area contributed by atoms with E-state index in [2.05, 4.69) is 38.2 Å². The topological polar surface area (TPSA) is 39.7 Å². The number of ether oxygens (including phenoxy) is 3. The Kier molecular flexibility index (Phi) is 5.48. The average molecular weight is 293 g/mol. The Morgan fingerprint density at radius 2 is 1.95 bits per heavy atom. The average Bonchev–Trinajstić information content (AvgIpc) is 2.69. The van der Waals surface area contributed by atoms with Gasteiger partial charge in [-0.25, -0.2) is 0 Å². The highest BCUT2D eigenvalue weighted by Gasteiger charge is 2.19. The van der Waals surface area contributed by atoms with Gasteiger partial charge >= 0.3 is 0 Å². The van der Waals surface area contributed by atoms with E-state index >= 15 is 0 Å². The zero-order valence-electron chi connectivity index (χ0n) is 13.6. The second-order valence-electron chi connectivity index (χ2n) is 6.05. The predicted molar refractivity (Wildman–Crippen MR) is 84.2 cm³/mol. The minimum Gasteiger partial charge on any atom is -0.490 e. The van der Waals surface area contributed by atoms with E-state index in [4.69, 9.17) is 14.2 Å². The van der Waals surface area contributed by atoms with Gasteiger partial charge in [-0.1, -0.05) is 6.07 Å². The minimum atomic E-state index is -0.158. The van der Waals surface area contributed by atoms with Gasteiger partial charge in [0, 0.05) is 25.6 Å². The third-order valence-corrected chi connectivity index (χ3v) is 3.64. The normalized spacial score (nSPS) is 16.4. The highest BCUT2D eigenvalue weighted by molar-refractivity contribution is 5.44. The van der Waals surface area contributed by atoms with Crippen LogP contribution in [0, 0.1) is 0 Å². The lowest BCUT2D eigenvalue weighted by atomic mass is 10.1. The van der Waals surface area contributed by atoms with Gasteiger partial charge in [0.15, 0.2) is 11.5 Å². The molecule has 0 bridgehead atoms. The number of benzene rings is 1. The first-order valence-electron chi connectivity index (χ1n) is 7.79. The van der Waals surface area contributed by atoms with Crippen LogP contribution in [0.25, 0.3) is 0 Å². The number of hydrogen-bond donors (Lipinski definition) is 1. The van der Waals surface area contributed by atoms with E-state index in [1.807, 2.05) is 13.0 Å². The molecule has 1 atom stereocenters. The molecule has 4 nitrogen and oxygen atoms in total. The summed E-state index contributed by atoms with van der Waals surface area (Å²) >= 11 is 0. The van der Waals surface area contributed by atoms with Crippen LogP contribution in [0.2, 0.25) is 0 Å². The van der Waals surface area contributed by atoms with Crippen molar-refractivity contribution in [3.05, 3.63) is 23.8 Å². The van der Waals surface area contributed by atoms with E-state index in [1.165, 1.54) is 5.56 Å². The van der Waals surface area contributed by atoms with Crippen LogP contribution in [0.15, 0.2) is 18.2 Å². The maximum Gasteiger partial charge on any atom is 0.161 e. The van der Waals surface area contributed by atoms with Gasteiger partial charge in [0.2, 0.25) is 0 Å². The first kappa shape index (κ1) is 16.1. The van der Waals surface area contributed by atoms with Crippen molar-refractivity contribution in [1.29, 1.82) is 0 Å². The summed E-state index contributed by atoms with van der Waals surface area (Å²) in [4.78, 5) is 0. The van der Waals surface area contributed by atoms with Gasteiger partial charge in [0.1, 0.15) is 0 Å². The molecule has 1 unspecified atom stereocenters. The van der Waals surface area contributed by atoms with Crippen molar-refractivity contribution in [3.8, 4) is 11.5 Å². The molecule has 118 valence electrons. The summed E-state index contributed by atoms with van der Waals surface area (Å²) in [6.07, 6.45) is 0.931. The summed E-state index contributed by atoms with van der Waals surface area (Å²) < 4.78 is 17.1. The molecule has 2 rings (SSSR count). The van der Waals surface area contributed by atoms with E-state index in [9.17, 15) is 0 Å².